The molecule has 0 aliphatic carbocycles. The van der Waals surface area contributed by atoms with Crippen LogP contribution >= 0.6 is 0 Å². The predicted octanol–water partition coefficient (Wildman–Crippen LogP) is 2.16. The fraction of sp³-hybridized carbons (Fsp3) is 0.167. The molecule has 0 fully saturated rings. The van der Waals surface area contributed by atoms with Gasteiger partial charge in [0, 0.05) is 12.0 Å². The van der Waals surface area contributed by atoms with Crippen LogP contribution in [-0.2, 0) is 0 Å². The Kier molecular flexibility index (Phi) is 2.72. The van der Waals surface area contributed by atoms with Crippen LogP contribution in [0.3, 0.4) is 0 Å². The molecule has 4 heteroatoms. The first kappa shape index (κ1) is 10.4. The molecule has 2 rings (SSSR count). The summed E-state index contributed by atoms with van der Waals surface area (Å²) in [5.41, 5.74) is 1.28. The van der Waals surface area contributed by atoms with Gasteiger partial charge in [0.1, 0.15) is 6.26 Å². The molecule has 1 aromatic carbocycles. The van der Waals surface area contributed by atoms with Crippen molar-refractivity contribution in [2.45, 2.75) is 13.3 Å². The molecular weight excluding hydrogens is 206 g/mol. The minimum atomic E-state index is -0.634. The third-order valence-corrected chi connectivity index (χ3v) is 2.32. The van der Waals surface area contributed by atoms with Crippen LogP contribution in [0.15, 0.2) is 45.8 Å². The average molecular weight is 217 g/mol. The molecule has 4 nitrogen and oxygen atoms in total. The van der Waals surface area contributed by atoms with Gasteiger partial charge in [-0.25, -0.2) is 9.36 Å². The third-order valence-electron chi connectivity index (χ3n) is 2.32. The number of rotatable bonds is 2. The number of oxazole rings is 1. The minimum absolute atomic E-state index is 0.263. The zero-order valence-electron chi connectivity index (χ0n) is 8.84. The van der Waals surface area contributed by atoms with E-state index >= 15 is 0 Å². The van der Waals surface area contributed by atoms with Crippen LogP contribution in [-0.4, -0.2) is 10.5 Å². The average Bonchev–Trinajstić information content (AvgIpc) is 2.71. The first-order chi connectivity index (χ1) is 7.74. The molecule has 2 aromatic rings. The zero-order chi connectivity index (χ0) is 11.5. The molecular formula is C12H11NO3. The van der Waals surface area contributed by atoms with Gasteiger partial charge in [-0.2, -0.15) is 0 Å². The maximum absolute atomic E-state index is 11.6. The van der Waals surface area contributed by atoms with Gasteiger partial charge in [0.15, 0.2) is 0 Å². The summed E-state index contributed by atoms with van der Waals surface area (Å²) in [7, 11) is 0. The Labute approximate surface area is 92.1 Å². The van der Waals surface area contributed by atoms with E-state index < -0.39 is 5.76 Å². The van der Waals surface area contributed by atoms with Gasteiger partial charge in [-0.3, -0.25) is 4.79 Å². The topological polar surface area (TPSA) is 52.2 Å². The fourth-order valence-corrected chi connectivity index (χ4v) is 1.51. The summed E-state index contributed by atoms with van der Waals surface area (Å²) >= 11 is 0. The highest BCUT2D eigenvalue weighted by Crippen LogP contribution is 2.17. The molecule has 1 heterocycles. The molecule has 0 unspecified atom stereocenters. The lowest BCUT2D eigenvalue weighted by Crippen LogP contribution is -2.22. The highest BCUT2D eigenvalue weighted by molar-refractivity contribution is 5.83. The Bertz CT molecular complexity index is 551. The van der Waals surface area contributed by atoms with Crippen LogP contribution in [0.1, 0.15) is 18.1 Å². The third kappa shape index (κ3) is 1.69. The summed E-state index contributed by atoms with van der Waals surface area (Å²) in [5.74, 6) is -0.900. The second kappa shape index (κ2) is 4.18. The van der Waals surface area contributed by atoms with Gasteiger partial charge in [-0.15, -0.1) is 0 Å². The Morgan fingerprint density at radius 3 is 2.62 bits per heavy atom. The smallest absolute Gasteiger partial charge is 0.415 e. The Morgan fingerprint density at radius 2 is 2.00 bits per heavy atom. The lowest BCUT2D eigenvalue weighted by Gasteiger charge is -2.02. The van der Waals surface area contributed by atoms with Crippen LogP contribution in [0.4, 0.5) is 0 Å². The Hall–Kier alpha value is -2.10. The largest absolute Gasteiger partial charge is 0.426 e. The molecule has 0 bridgehead atoms. The summed E-state index contributed by atoms with van der Waals surface area (Å²) in [5, 5.41) is 0. The van der Waals surface area contributed by atoms with Crippen molar-refractivity contribution < 1.29 is 9.21 Å². The number of hydrogen-bond donors (Lipinski definition) is 0. The van der Waals surface area contributed by atoms with E-state index in [1.165, 1.54) is 6.26 Å². The minimum Gasteiger partial charge on any atom is -0.415 e. The highest BCUT2D eigenvalue weighted by Gasteiger charge is 2.15. The van der Waals surface area contributed by atoms with Crippen molar-refractivity contribution in [1.82, 2.24) is 4.57 Å². The Balaban J connectivity index is 2.59. The molecule has 0 aliphatic heterocycles. The number of aromatic nitrogens is 1. The maximum atomic E-state index is 11.6. The number of carbonyl (C=O) groups is 1. The fourth-order valence-electron chi connectivity index (χ4n) is 1.51. The second-order valence-electron chi connectivity index (χ2n) is 3.34. The van der Waals surface area contributed by atoms with Crippen molar-refractivity contribution in [2.24, 2.45) is 0 Å². The highest BCUT2D eigenvalue weighted by atomic mass is 16.4. The van der Waals surface area contributed by atoms with E-state index in [0.717, 1.165) is 10.1 Å². The van der Waals surface area contributed by atoms with E-state index in [1.54, 1.807) is 6.92 Å². The van der Waals surface area contributed by atoms with Crippen molar-refractivity contribution in [2.75, 3.05) is 0 Å². The van der Waals surface area contributed by atoms with E-state index in [2.05, 4.69) is 0 Å². The summed E-state index contributed by atoms with van der Waals surface area (Å²) in [6.45, 7) is 1.70. The zero-order valence-corrected chi connectivity index (χ0v) is 8.84. The molecule has 1 aromatic heterocycles. The lowest BCUT2D eigenvalue weighted by molar-refractivity contribution is 0.0902. The van der Waals surface area contributed by atoms with Crippen LogP contribution in [0.5, 0.6) is 0 Å². The van der Waals surface area contributed by atoms with Crippen molar-refractivity contribution in [3.05, 3.63) is 47.1 Å². The molecule has 0 saturated heterocycles. The normalized spacial score (nSPS) is 10.3. The van der Waals surface area contributed by atoms with Gasteiger partial charge in [-0.05, 0) is 0 Å². The van der Waals surface area contributed by atoms with E-state index in [-0.39, 0.29) is 12.3 Å². The van der Waals surface area contributed by atoms with E-state index in [4.69, 9.17) is 4.42 Å². The van der Waals surface area contributed by atoms with Crippen molar-refractivity contribution in [3.63, 3.8) is 0 Å². The molecule has 0 spiro atoms. The summed E-state index contributed by atoms with van der Waals surface area (Å²) < 4.78 is 5.82. The van der Waals surface area contributed by atoms with Crippen LogP contribution in [0.2, 0.25) is 0 Å². The number of nitrogens with zero attached hydrogens (tertiary/aromatic N) is 1. The summed E-state index contributed by atoms with van der Waals surface area (Å²) in [6.07, 6.45) is 1.57. The molecule has 0 N–H and O–H groups in total. The SMILES string of the molecule is CCC(=O)n1c(-c2ccccc2)coc1=O. The van der Waals surface area contributed by atoms with Crippen LogP contribution in [0, 0.1) is 0 Å². The van der Waals surface area contributed by atoms with Crippen molar-refractivity contribution in [1.29, 1.82) is 0 Å². The van der Waals surface area contributed by atoms with E-state index in [0.29, 0.717) is 5.69 Å². The van der Waals surface area contributed by atoms with Gasteiger partial charge >= 0.3 is 5.76 Å². The molecule has 0 amide bonds. The summed E-state index contributed by atoms with van der Waals surface area (Å²) in [4.78, 5) is 23.0. The predicted molar refractivity (Wildman–Crippen MR) is 59.3 cm³/mol. The van der Waals surface area contributed by atoms with Gasteiger partial charge in [-0.1, -0.05) is 37.3 Å². The van der Waals surface area contributed by atoms with E-state index in [1.807, 2.05) is 30.3 Å². The van der Waals surface area contributed by atoms with Crippen molar-refractivity contribution in [3.8, 4) is 11.3 Å². The first-order valence-corrected chi connectivity index (χ1v) is 5.03. The van der Waals surface area contributed by atoms with Crippen LogP contribution in [0.25, 0.3) is 11.3 Å². The lowest BCUT2D eigenvalue weighted by atomic mass is 10.2. The number of benzene rings is 1. The van der Waals surface area contributed by atoms with Gasteiger partial charge in [0.05, 0.1) is 5.69 Å². The number of hydrogen-bond acceptors (Lipinski definition) is 3. The molecule has 0 saturated carbocycles. The van der Waals surface area contributed by atoms with Crippen molar-refractivity contribution >= 4 is 5.91 Å². The molecule has 0 aliphatic rings. The second-order valence-corrected chi connectivity index (χ2v) is 3.34. The van der Waals surface area contributed by atoms with Gasteiger partial charge in [0.2, 0.25) is 5.91 Å². The summed E-state index contributed by atoms with van der Waals surface area (Å²) in [6, 6.07) is 9.20. The molecule has 0 radical (unpaired) electrons. The van der Waals surface area contributed by atoms with Gasteiger partial charge in [0.25, 0.3) is 0 Å². The van der Waals surface area contributed by atoms with Gasteiger partial charge < -0.3 is 4.42 Å². The first-order valence-electron chi connectivity index (χ1n) is 5.03. The van der Waals surface area contributed by atoms with E-state index in [9.17, 15) is 9.59 Å². The number of carbonyl (C=O) groups excluding carboxylic acids is 1. The maximum Gasteiger partial charge on any atom is 0.426 e. The molecule has 82 valence electrons. The molecule has 16 heavy (non-hydrogen) atoms. The quantitative estimate of drug-likeness (QED) is 0.774. The molecule has 0 atom stereocenters. The standard InChI is InChI=1S/C12H11NO3/c1-2-11(14)13-10(8-16-12(13)15)9-6-4-3-5-7-9/h3-8H,2H2,1H3. The monoisotopic (exact) mass is 217 g/mol. The Morgan fingerprint density at radius 1 is 1.31 bits per heavy atom. The van der Waals surface area contributed by atoms with Crippen LogP contribution < -0.4 is 5.76 Å².